The fourth-order valence-corrected chi connectivity index (χ4v) is 3.50. The zero-order chi connectivity index (χ0) is 17.6. The van der Waals surface area contributed by atoms with E-state index in [1.165, 1.54) is 16.8 Å². The molecule has 0 saturated heterocycles. The number of anilines is 1. The summed E-state index contributed by atoms with van der Waals surface area (Å²) in [5.74, 6) is 1.01. The quantitative estimate of drug-likeness (QED) is 0.597. The van der Waals surface area contributed by atoms with Gasteiger partial charge in [-0.2, -0.15) is 0 Å². The Bertz CT molecular complexity index is 830. The van der Waals surface area contributed by atoms with Crippen LogP contribution >= 0.6 is 11.8 Å². The molecule has 25 heavy (non-hydrogen) atoms. The molecule has 3 aromatic rings. The number of hydrogen-bond donors (Lipinski definition) is 0. The van der Waals surface area contributed by atoms with Crippen LogP contribution in [0.15, 0.2) is 60.3 Å². The van der Waals surface area contributed by atoms with Crippen molar-refractivity contribution in [2.24, 2.45) is 14.1 Å². The molecule has 0 spiro atoms. The summed E-state index contributed by atoms with van der Waals surface area (Å²) in [6, 6.07) is 10.8. The predicted octanol–water partition coefficient (Wildman–Crippen LogP) is 4.16. The summed E-state index contributed by atoms with van der Waals surface area (Å²) in [5.41, 5.74) is 3.66. The summed E-state index contributed by atoms with van der Waals surface area (Å²) in [6.07, 6.45) is 12.3. The van der Waals surface area contributed by atoms with Crippen molar-refractivity contribution in [2.45, 2.75) is 5.16 Å². The Morgan fingerprint density at radius 1 is 1.04 bits per heavy atom. The Morgan fingerprint density at radius 2 is 1.80 bits per heavy atom. The van der Waals surface area contributed by atoms with Gasteiger partial charge in [-0.25, -0.2) is 4.98 Å². The third kappa shape index (κ3) is 4.79. The zero-order valence-corrected chi connectivity index (χ0v) is 15.8. The molecule has 0 aliphatic carbocycles. The van der Waals surface area contributed by atoms with E-state index < -0.39 is 0 Å². The van der Waals surface area contributed by atoms with Gasteiger partial charge in [0.25, 0.3) is 0 Å². The van der Waals surface area contributed by atoms with Gasteiger partial charge >= 0.3 is 0 Å². The number of aryl methyl sites for hydroxylation is 2. The topological polar surface area (TPSA) is 26.0 Å². The van der Waals surface area contributed by atoms with E-state index in [2.05, 4.69) is 80.9 Å². The lowest BCUT2D eigenvalue weighted by Crippen LogP contribution is -2.20. The number of hydrogen-bond acceptors (Lipinski definition) is 3. The Morgan fingerprint density at radius 3 is 2.44 bits per heavy atom. The summed E-state index contributed by atoms with van der Waals surface area (Å²) < 4.78 is 4.11. The van der Waals surface area contributed by atoms with Crippen LogP contribution in [0, 0.1) is 0 Å². The number of imidazole rings is 1. The molecule has 1 aromatic carbocycles. The summed E-state index contributed by atoms with van der Waals surface area (Å²) >= 11 is 1.78. The van der Waals surface area contributed by atoms with Crippen molar-refractivity contribution in [1.82, 2.24) is 14.1 Å². The molecule has 0 N–H and O–H groups in total. The van der Waals surface area contributed by atoms with Crippen LogP contribution in [-0.4, -0.2) is 33.5 Å². The lowest BCUT2D eigenvalue weighted by molar-refractivity contribution is 0.789. The van der Waals surface area contributed by atoms with Crippen molar-refractivity contribution in [2.75, 3.05) is 24.2 Å². The first-order valence-electron chi connectivity index (χ1n) is 8.33. The first kappa shape index (κ1) is 17.4. The van der Waals surface area contributed by atoms with Gasteiger partial charge in [-0.15, -0.1) is 0 Å². The van der Waals surface area contributed by atoms with Crippen LogP contribution in [0.4, 0.5) is 5.69 Å². The van der Waals surface area contributed by atoms with E-state index in [4.69, 9.17) is 0 Å². The zero-order valence-electron chi connectivity index (χ0n) is 15.0. The van der Waals surface area contributed by atoms with Crippen LogP contribution in [-0.2, 0) is 14.1 Å². The molecule has 0 amide bonds. The van der Waals surface area contributed by atoms with Crippen molar-refractivity contribution in [3.05, 3.63) is 66.2 Å². The molecular formula is C20H24N4S. The van der Waals surface area contributed by atoms with Gasteiger partial charge in [0.05, 0.1) is 0 Å². The molecule has 0 bridgehead atoms. The highest BCUT2D eigenvalue weighted by Crippen LogP contribution is 2.18. The van der Waals surface area contributed by atoms with E-state index in [1.54, 1.807) is 11.8 Å². The fourth-order valence-electron chi connectivity index (χ4n) is 2.55. The minimum absolute atomic E-state index is 0.983. The van der Waals surface area contributed by atoms with Crippen LogP contribution in [0.2, 0.25) is 0 Å². The summed E-state index contributed by atoms with van der Waals surface area (Å²) in [7, 11) is 6.20. The van der Waals surface area contributed by atoms with Crippen LogP contribution in [0.1, 0.15) is 11.1 Å². The van der Waals surface area contributed by atoms with E-state index >= 15 is 0 Å². The molecule has 0 atom stereocenters. The van der Waals surface area contributed by atoms with Gasteiger partial charge in [0.1, 0.15) is 0 Å². The second-order valence-electron chi connectivity index (χ2n) is 6.13. The average Bonchev–Trinajstić information content (AvgIpc) is 3.22. The third-order valence-corrected chi connectivity index (χ3v) is 5.13. The maximum absolute atomic E-state index is 4.34. The second kappa shape index (κ2) is 8.12. The molecule has 0 aliphatic rings. The lowest BCUT2D eigenvalue weighted by Gasteiger charge is -2.19. The molecule has 3 rings (SSSR count). The smallest absolute Gasteiger partial charge is 0.167 e. The van der Waals surface area contributed by atoms with Crippen molar-refractivity contribution in [3.63, 3.8) is 0 Å². The Labute approximate surface area is 153 Å². The third-order valence-electron chi connectivity index (χ3n) is 4.09. The Kier molecular flexibility index (Phi) is 5.66. The monoisotopic (exact) mass is 352 g/mol. The van der Waals surface area contributed by atoms with Crippen LogP contribution < -0.4 is 4.90 Å². The van der Waals surface area contributed by atoms with E-state index in [1.807, 2.05) is 26.5 Å². The van der Waals surface area contributed by atoms with Gasteiger partial charge < -0.3 is 14.0 Å². The standard InChI is InChI=1S/C20H24N4S/c1-22-12-10-18(16-22)5-4-17-6-8-19(9-7-17)23(2)14-15-25-20-21-11-13-24(20)3/h4-13,16H,14-15H2,1-3H3/b5-4+. The van der Waals surface area contributed by atoms with Crippen LogP contribution in [0.3, 0.4) is 0 Å². The highest BCUT2D eigenvalue weighted by atomic mass is 32.2. The van der Waals surface area contributed by atoms with Crippen molar-refractivity contribution in [1.29, 1.82) is 0 Å². The van der Waals surface area contributed by atoms with Gasteiger partial charge in [-0.3, -0.25) is 0 Å². The van der Waals surface area contributed by atoms with E-state index in [9.17, 15) is 0 Å². The molecule has 0 aliphatic heterocycles. The SMILES string of the molecule is CN(CCSc1nccn1C)c1ccc(/C=C/c2ccn(C)c2)cc1. The van der Waals surface area contributed by atoms with Gasteiger partial charge in [-0.05, 0) is 29.3 Å². The minimum atomic E-state index is 0.983. The van der Waals surface area contributed by atoms with Gasteiger partial charge in [0.2, 0.25) is 0 Å². The van der Waals surface area contributed by atoms with Gasteiger partial charge in [0, 0.05) is 63.9 Å². The van der Waals surface area contributed by atoms with E-state index in [0.29, 0.717) is 0 Å². The molecule has 130 valence electrons. The summed E-state index contributed by atoms with van der Waals surface area (Å²) in [4.78, 5) is 6.62. The highest BCUT2D eigenvalue weighted by Gasteiger charge is 2.03. The number of aromatic nitrogens is 3. The van der Waals surface area contributed by atoms with Crippen LogP contribution in [0.25, 0.3) is 12.2 Å². The van der Waals surface area contributed by atoms with E-state index in [0.717, 1.165) is 17.5 Å². The van der Waals surface area contributed by atoms with E-state index in [-0.39, 0.29) is 0 Å². The van der Waals surface area contributed by atoms with Crippen LogP contribution in [0.5, 0.6) is 0 Å². The number of benzene rings is 1. The maximum Gasteiger partial charge on any atom is 0.167 e. The molecule has 0 saturated carbocycles. The molecule has 2 aromatic heterocycles. The average molecular weight is 353 g/mol. The van der Waals surface area contributed by atoms with Gasteiger partial charge in [0.15, 0.2) is 5.16 Å². The summed E-state index contributed by atoms with van der Waals surface area (Å²) in [5, 5.41) is 1.06. The number of rotatable bonds is 7. The number of nitrogens with zero attached hydrogens (tertiary/aromatic N) is 4. The summed E-state index contributed by atoms with van der Waals surface area (Å²) in [6.45, 7) is 0.983. The molecule has 5 heteroatoms. The molecular weight excluding hydrogens is 328 g/mol. The normalized spacial score (nSPS) is 11.3. The largest absolute Gasteiger partial charge is 0.374 e. The molecule has 0 radical (unpaired) electrons. The molecule has 0 unspecified atom stereocenters. The van der Waals surface area contributed by atoms with Crippen molar-refractivity contribution < 1.29 is 0 Å². The fraction of sp³-hybridized carbons (Fsp3) is 0.250. The number of thioether (sulfide) groups is 1. The lowest BCUT2D eigenvalue weighted by atomic mass is 10.1. The first-order valence-corrected chi connectivity index (χ1v) is 9.32. The highest BCUT2D eigenvalue weighted by molar-refractivity contribution is 7.99. The minimum Gasteiger partial charge on any atom is -0.374 e. The Balaban J connectivity index is 1.52. The maximum atomic E-state index is 4.34. The predicted molar refractivity (Wildman–Crippen MR) is 108 cm³/mol. The molecule has 2 heterocycles. The van der Waals surface area contributed by atoms with Crippen molar-refractivity contribution in [3.8, 4) is 0 Å². The first-order chi connectivity index (χ1) is 12.1. The second-order valence-corrected chi connectivity index (χ2v) is 7.19. The van der Waals surface area contributed by atoms with Crippen molar-refractivity contribution >= 4 is 29.6 Å². The molecule has 0 fully saturated rings. The van der Waals surface area contributed by atoms with Gasteiger partial charge in [-0.1, -0.05) is 36.0 Å². The molecule has 4 nitrogen and oxygen atoms in total. The Hall–Kier alpha value is -2.40.